The van der Waals surface area contributed by atoms with Crippen LogP contribution in [-0.2, 0) is 10.0 Å². The summed E-state index contributed by atoms with van der Waals surface area (Å²) in [6, 6.07) is 5.52. The highest BCUT2D eigenvalue weighted by Gasteiger charge is 2.32. The number of hydrogen-bond donors (Lipinski definition) is 1. The lowest BCUT2D eigenvalue weighted by Crippen LogP contribution is -2.42. The van der Waals surface area contributed by atoms with Crippen molar-refractivity contribution in [2.24, 2.45) is 0 Å². The molecule has 0 bridgehead atoms. The average Bonchev–Trinajstić information content (AvgIpc) is 3.52. The Balaban J connectivity index is 1.26. The summed E-state index contributed by atoms with van der Waals surface area (Å²) in [4.78, 5) is 4.60. The molecule has 184 valence electrons. The molecule has 2 fully saturated rings. The third kappa shape index (κ3) is 4.48. The van der Waals surface area contributed by atoms with E-state index in [0.29, 0.717) is 30.5 Å². The maximum atomic E-state index is 14.7. The van der Waals surface area contributed by atoms with Gasteiger partial charge < -0.3 is 9.84 Å². The molecule has 0 amide bonds. The summed E-state index contributed by atoms with van der Waals surface area (Å²) in [5.41, 5.74) is 1.17. The summed E-state index contributed by atoms with van der Waals surface area (Å²) in [5.74, 6) is 0.722. The van der Waals surface area contributed by atoms with Crippen molar-refractivity contribution in [2.75, 3.05) is 19.3 Å². The largest absolute Gasteiger partial charge is 0.337 e. The van der Waals surface area contributed by atoms with E-state index in [2.05, 4.69) is 20.6 Å². The molecule has 1 aromatic carbocycles. The third-order valence-electron chi connectivity index (χ3n) is 7.02. The van der Waals surface area contributed by atoms with Gasteiger partial charge in [-0.2, -0.15) is 14.8 Å². The molecule has 34 heavy (non-hydrogen) atoms. The first kappa shape index (κ1) is 23.4. The van der Waals surface area contributed by atoms with E-state index in [-0.39, 0.29) is 29.6 Å². The van der Waals surface area contributed by atoms with Crippen molar-refractivity contribution in [2.45, 2.75) is 69.9 Å². The fraction of sp³-hybridized carbons (Fsp3) is 0.609. The number of hydrogen-bond acceptors (Lipinski definition) is 7. The standard InChI is InChI=1S/C23H31FN6O3S/c1-14(2)20-18-5-4-6-19(24)21(18)30(27-20)23-26-22(33-28-23)15-7-9-16(10-8-15)25-17-11-12-29(13-17)34(3,31)32/h4-6,14-17,25H,7-13H2,1-3H3. The number of fused-ring (bicyclic) bond motifs is 1. The molecule has 0 radical (unpaired) electrons. The SMILES string of the molecule is CC(C)c1nn(-c2noc(C3CCC(NC4CCN(S(C)(=O)=O)C4)CC3)n2)c2c(F)cccc12. The van der Waals surface area contributed by atoms with Crippen LogP contribution >= 0.6 is 0 Å². The van der Waals surface area contributed by atoms with Crippen LogP contribution in [0.1, 0.15) is 69.4 Å². The molecule has 1 aliphatic carbocycles. The van der Waals surface area contributed by atoms with Crippen LogP contribution in [0.15, 0.2) is 22.7 Å². The number of para-hydroxylation sites is 1. The number of nitrogens with zero attached hydrogens (tertiary/aromatic N) is 5. The Morgan fingerprint density at radius 2 is 1.91 bits per heavy atom. The fourth-order valence-corrected chi connectivity index (χ4v) is 6.09. The monoisotopic (exact) mass is 490 g/mol. The molecule has 5 rings (SSSR count). The predicted octanol–water partition coefficient (Wildman–Crippen LogP) is 3.32. The Bertz CT molecular complexity index is 1280. The molecule has 9 nitrogen and oxygen atoms in total. The summed E-state index contributed by atoms with van der Waals surface area (Å²) in [6.07, 6.45) is 5.81. The summed E-state index contributed by atoms with van der Waals surface area (Å²) in [7, 11) is -3.13. The number of nitrogens with one attached hydrogen (secondary N) is 1. The van der Waals surface area contributed by atoms with Gasteiger partial charge in [-0.25, -0.2) is 17.1 Å². The van der Waals surface area contributed by atoms with Gasteiger partial charge in [0.2, 0.25) is 15.9 Å². The van der Waals surface area contributed by atoms with Crippen LogP contribution in [0.25, 0.3) is 16.9 Å². The van der Waals surface area contributed by atoms with Crippen LogP contribution in [0, 0.1) is 5.82 Å². The number of sulfonamides is 1. The first-order valence-corrected chi connectivity index (χ1v) is 13.8. The maximum Gasteiger partial charge on any atom is 0.291 e. The summed E-state index contributed by atoms with van der Waals surface area (Å²) in [5, 5.41) is 13.1. The van der Waals surface area contributed by atoms with Crippen LogP contribution in [-0.4, -0.2) is 64.1 Å². The van der Waals surface area contributed by atoms with E-state index in [9.17, 15) is 12.8 Å². The summed E-state index contributed by atoms with van der Waals surface area (Å²) in [6.45, 7) is 5.17. The van der Waals surface area contributed by atoms with Crippen LogP contribution < -0.4 is 5.32 Å². The highest BCUT2D eigenvalue weighted by Crippen LogP contribution is 2.34. The molecule has 1 N–H and O–H groups in total. The van der Waals surface area contributed by atoms with Crippen molar-refractivity contribution in [3.63, 3.8) is 0 Å². The molecule has 2 aliphatic rings. The molecule has 3 aromatic rings. The van der Waals surface area contributed by atoms with Crippen molar-refractivity contribution < 1.29 is 17.3 Å². The lowest BCUT2D eigenvalue weighted by Gasteiger charge is -2.29. The summed E-state index contributed by atoms with van der Waals surface area (Å²) < 4.78 is 46.8. The topological polar surface area (TPSA) is 106 Å². The predicted molar refractivity (Wildman–Crippen MR) is 126 cm³/mol. The second-order valence-corrected chi connectivity index (χ2v) is 11.8. The minimum atomic E-state index is -3.13. The minimum absolute atomic E-state index is 0.129. The van der Waals surface area contributed by atoms with Gasteiger partial charge in [0.25, 0.3) is 5.95 Å². The van der Waals surface area contributed by atoms with E-state index in [4.69, 9.17) is 4.52 Å². The Hall–Kier alpha value is -2.37. The van der Waals surface area contributed by atoms with E-state index in [0.717, 1.165) is 43.2 Å². The van der Waals surface area contributed by atoms with Gasteiger partial charge in [0, 0.05) is 36.5 Å². The quantitative estimate of drug-likeness (QED) is 0.565. The van der Waals surface area contributed by atoms with Gasteiger partial charge in [-0.1, -0.05) is 26.0 Å². The zero-order chi connectivity index (χ0) is 24.0. The van der Waals surface area contributed by atoms with E-state index >= 15 is 0 Å². The van der Waals surface area contributed by atoms with E-state index in [1.165, 1.54) is 17.0 Å². The average molecular weight is 491 g/mol. The molecule has 2 aromatic heterocycles. The Morgan fingerprint density at radius 1 is 1.15 bits per heavy atom. The van der Waals surface area contributed by atoms with E-state index in [1.807, 2.05) is 19.9 Å². The zero-order valence-electron chi connectivity index (χ0n) is 19.7. The number of benzene rings is 1. The van der Waals surface area contributed by atoms with Gasteiger partial charge in [0.15, 0.2) is 0 Å². The first-order valence-electron chi connectivity index (χ1n) is 11.9. The van der Waals surface area contributed by atoms with E-state index in [1.54, 1.807) is 10.4 Å². The Labute approximate surface area is 198 Å². The zero-order valence-corrected chi connectivity index (χ0v) is 20.6. The number of halogens is 1. The molecule has 1 aliphatic heterocycles. The van der Waals surface area contributed by atoms with Crippen LogP contribution in [0.2, 0.25) is 0 Å². The molecule has 11 heteroatoms. The Kier molecular flexibility index (Phi) is 6.19. The summed E-state index contributed by atoms with van der Waals surface area (Å²) >= 11 is 0. The number of rotatable bonds is 6. The molecular weight excluding hydrogens is 459 g/mol. The normalized spacial score (nSPS) is 24.4. The molecule has 1 atom stereocenters. The fourth-order valence-electron chi connectivity index (χ4n) is 5.20. The van der Waals surface area contributed by atoms with Crippen molar-refractivity contribution in [3.8, 4) is 5.95 Å². The highest BCUT2D eigenvalue weighted by molar-refractivity contribution is 7.88. The van der Waals surface area contributed by atoms with Crippen molar-refractivity contribution in [1.29, 1.82) is 0 Å². The Morgan fingerprint density at radius 3 is 2.59 bits per heavy atom. The van der Waals surface area contributed by atoms with Gasteiger partial charge in [-0.05, 0) is 49.2 Å². The van der Waals surface area contributed by atoms with Gasteiger partial charge in [-0.3, -0.25) is 0 Å². The van der Waals surface area contributed by atoms with Crippen molar-refractivity contribution in [1.82, 2.24) is 29.5 Å². The molecule has 1 saturated heterocycles. The molecule has 0 spiro atoms. The van der Waals surface area contributed by atoms with Crippen molar-refractivity contribution in [3.05, 3.63) is 35.6 Å². The highest BCUT2D eigenvalue weighted by atomic mass is 32.2. The third-order valence-corrected chi connectivity index (χ3v) is 8.29. The molecule has 3 heterocycles. The first-order chi connectivity index (χ1) is 16.2. The van der Waals surface area contributed by atoms with Crippen LogP contribution in [0.3, 0.4) is 0 Å². The minimum Gasteiger partial charge on any atom is -0.337 e. The lowest BCUT2D eigenvalue weighted by atomic mass is 9.85. The second-order valence-electron chi connectivity index (χ2n) is 9.84. The van der Waals surface area contributed by atoms with Crippen molar-refractivity contribution >= 4 is 20.9 Å². The van der Waals surface area contributed by atoms with Crippen LogP contribution in [0.4, 0.5) is 4.39 Å². The van der Waals surface area contributed by atoms with Crippen LogP contribution in [0.5, 0.6) is 0 Å². The molecule has 1 unspecified atom stereocenters. The maximum absolute atomic E-state index is 14.7. The van der Waals surface area contributed by atoms with Gasteiger partial charge >= 0.3 is 0 Å². The molecule has 1 saturated carbocycles. The van der Waals surface area contributed by atoms with Gasteiger partial charge in [0.1, 0.15) is 11.3 Å². The smallest absolute Gasteiger partial charge is 0.291 e. The molecular formula is C23H31FN6O3S. The van der Waals surface area contributed by atoms with Gasteiger partial charge in [-0.15, -0.1) is 0 Å². The van der Waals surface area contributed by atoms with Gasteiger partial charge in [0.05, 0.1) is 11.9 Å². The van der Waals surface area contributed by atoms with E-state index < -0.39 is 10.0 Å². The second kappa shape index (κ2) is 9.01. The lowest BCUT2D eigenvalue weighted by molar-refractivity contribution is 0.271. The number of aromatic nitrogens is 4.